The number of imidazole rings is 1. The lowest BCUT2D eigenvalue weighted by molar-refractivity contribution is 0.318. The topological polar surface area (TPSA) is 76.4 Å². The minimum absolute atomic E-state index is 0.0759. The number of oxime groups is 1. The summed E-state index contributed by atoms with van der Waals surface area (Å²) in [6.07, 6.45) is 1.77. The standard InChI is InChI=1S/C12H13BrN4O/c1-7-8(2)17(6-15-7)9-3-4-10(11(13)5-9)12(14)16-18/h3-6,18H,1-2H3,(H2,14,16). The Labute approximate surface area is 113 Å². The lowest BCUT2D eigenvalue weighted by Gasteiger charge is -2.08. The summed E-state index contributed by atoms with van der Waals surface area (Å²) >= 11 is 3.41. The van der Waals surface area contributed by atoms with E-state index in [1.165, 1.54) is 0 Å². The first-order valence-electron chi connectivity index (χ1n) is 5.33. The van der Waals surface area contributed by atoms with Crippen molar-refractivity contribution in [3.8, 4) is 5.69 Å². The van der Waals surface area contributed by atoms with Crippen molar-refractivity contribution in [1.82, 2.24) is 9.55 Å². The Morgan fingerprint density at radius 3 is 2.67 bits per heavy atom. The summed E-state index contributed by atoms with van der Waals surface area (Å²) in [5.41, 5.74) is 9.26. The van der Waals surface area contributed by atoms with Gasteiger partial charge in [0, 0.05) is 21.4 Å². The van der Waals surface area contributed by atoms with Gasteiger partial charge in [-0.3, -0.25) is 0 Å². The number of aryl methyl sites for hydroxylation is 1. The minimum atomic E-state index is 0.0759. The molecule has 0 spiro atoms. The maximum atomic E-state index is 8.67. The summed E-state index contributed by atoms with van der Waals surface area (Å²) in [7, 11) is 0. The molecule has 0 radical (unpaired) electrons. The Bertz CT molecular complexity index is 619. The fourth-order valence-electron chi connectivity index (χ4n) is 1.67. The van der Waals surface area contributed by atoms with E-state index in [-0.39, 0.29) is 5.84 Å². The monoisotopic (exact) mass is 308 g/mol. The molecule has 3 N–H and O–H groups in total. The molecule has 94 valence electrons. The normalized spacial score (nSPS) is 11.8. The van der Waals surface area contributed by atoms with Gasteiger partial charge in [0.05, 0.1) is 12.0 Å². The van der Waals surface area contributed by atoms with Gasteiger partial charge in [0.25, 0.3) is 0 Å². The van der Waals surface area contributed by atoms with Crippen LogP contribution in [0.2, 0.25) is 0 Å². The number of amidine groups is 1. The van der Waals surface area contributed by atoms with E-state index < -0.39 is 0 Å². The van der Waals surface area contributed by atoms with Gasteiger partial charge in [0.15, 0.2) is 5.84 Å². The molecule has 2 aromatic rings. The third kappa shape index (κ3) is 2.11. The molecule has 1 aromatic carbocycles. The number of aromatic nitrogens is 2. The Morgan fingerprint density at radius 1 is 1.44 bits per heavy atom. The zero-order valence-corrected chi connectivity index (χ0v) is 11.6. The maximum absolute atomic E-state index is 8.67. The highest BCUT2D eigenvalue weighted by Crippen LogP contribution is 2.22. The van der Waals surface area contributed by atoms with Crippen molar-refractivity contribution >= 4 is 21.8 Å². The highest BCUT2D eigenvalue weighted by molar-refractivity contribution is 9.10. The summed E-state index contributed by atoms with van der Waals surface area (Å²) in [6.45, 7) is 3.97. The smallest absolute Gasteiger partial charge is 0.171 e. The number of hydrogen-bond donors (Lipinski definition) is 2. The largest absolute Gasteiger partial charge is 0.409 e. The van der Waals surface area contributed by atoms with Crippen LogP contribution in [0.1, 0.15) is 17.0 Å². The molecule has 0 aliphatic rings. The fraction of sp³-hybridized carbons (Fsp3) is 0.167. The van der Waals surface area contributed by atoms with Gasteiger partial charge in [-0.15, -0.1) is 0 Å². The van der Waals surface area contributed by atoms with E-state index in [0.717, 1.165) is 21.5 Å². The lowest BCUT2D eigenvalue weighted by Crippen LogP contribution is -2.14. The summed E-state index contributed by atoms with van der Waals surface area (Å²) in [6, 6.07) is 5.59. The molecule has 18 heavy (non-hydrogen) atoms. The van der Waals surface area contributed by atoms with Gasteiger partial charge in [-0.25, -0.2) is 4.98 Å². The molecule has 6 heteroatoms. The quantitative estimate of drug-likeness (QED) is 0.387. The van der Waals surface area contributed by atoms with Crippen molar-refractivity contribution in [3.63, 3.8) is 0 Å². The Morgan fingerprint density at radius 2 is 2.17 bits per heavy atom. The molecule has 1 heterocycles. The molecule has 0 atom stereocenters. The summed E-state index contributed by atoms with van der Waals surface area (Å²) in [5, 5.41) is 11.7. The number of nitrogens with zero attached hydrogens (tertiary/aromatic N) is 3. The van der Waals surface area contributed by atoms with Crippen molar-refractivity contribution in [2.45, 2.75) is 13.8 Å². The van der Waals surface area contributed by atoms with E-state index >= 15 is 0 Å². The number of halogens is 1. The molecule has 5 nitrogen and oxygen atoms in total. The van der Waals surface area contributed by atoms with Gasteiger partial charge in [0.1, 0.15) is 0 Å². The van der Waals surface area contributed by atoms with E-state index in [2.05, 4.69) is 26.1 Å². The van der Waals surface area contributed by atoms with Crippen LogP contribution in [-0.4, -0.2) is 20.6 Å². The average Bonchev–Trinajstić information content (AvgIpc) is 2.69. The molecule has 0 fully saturated rings. The molecule has 0 aliphatic carbocycles. The van der Waals surface area contributed by atoms with Crippen LogP contribution in [0.5, 0.6) is 0 Å². The SMILES string of the molecule is Cc1ncn(-c2ccc(/C(N)=N/O)c(Br)c2)c1C. The van der Waals surface area contributed by atoms with Crippen LogP contribution < -0.4 is 5.73 Å². The molecule has 1 aromatic heterocycles. The van der Waals surface area contributed by atoms with Gasteiger partial charge in [-0.05, 0) is 48.0 Å². The molecule has 0 amide bonds. The van der Waals surface area contributed by atoms with Gasteiger partial charge < -0.3 is 15.5 Å². The maximum Gasteiger partial charge on any atom is 0.171 e. The molecular formula is C12H13BrN4O. The molecule has 0 bridgehead atoms. The predicted octanol–water partition coefficient (Wildman–Crippen LogP) is 2.35. The summed E-state index contributed by atoms with van der Waals surface area (Å²) in [5.74, 6) is 0.0759. The average molecular weight is 309 g/mol. The van der Waals surface area contributed by atoms with Crippen LogP contribution in [0.15, 0.2) is 34.2 Å². The van der Waals surface area contributed by atoms with Crippen molar-refractivity contribution in [1.29, 1.82) is 0 Å². The van der Waals surface area contributed by atoms with Crippen molar-refractivity contribution < 1.29 is 5.21 Å². The van der Waals surface area contributed by atoms with Gasteiger partial charge in [-0.2, -0.15) is 0 Å². The van der Waals surface area contributed by atoms with E-state index in [1.807, 2.05) is 30.5 Å². The molecule has 0 saturated carbocycles. The van der Waals surface area contributed by atoms with Gasteiger partial charge in [0.2, 0.25) is 0 Å². The number of benzene rings is 1. The Hall–Kier alpha value is -1.82. The Kier molecular flexibility index (Phi) is 3.38. The van der Waals surface area contributed by atoms with E-state index in [0.29, 0.717) is 5.56 Å². The first-order valence-corrected chi connectivity index (χ1v) is 6.12. The minimum Gasteiger partial charge on any atom is -0.409 e. The van der Waals surface area contributed by atoms with Crippen LogP contribution in [0.3, 0.4) is 0 Å². The number of hydrogen-bond acceptors (Lipinski definition) is 3. The summed E-state index contributed by atoms with van der Waals surface area (Å²) < 4.78 is 2.75. The Balaban J connectivity index is 2.50. The van der Waals surface area contributed by atoms with Crippen molar-refractivity contribution in [2.24, 2.45) is 10.9 Å². The third-order valence-electron chi connectivity index (χ3n) is 2.87. The van der Waals surface area contributed by atoms with Crippen molar-refractivity contribution in [3.05, 3.63) is 46.0 Å². The zero-order chi connectivity index (χ0) is 13.3. The first-order chi connectivity index (χ1) is 8.54. The zero-order valence-electron chi connectivity index (χ0n) is 10.1. The van der Waals surface area contributed by atoms with Gasteiger partial charge >= 0.3 is 0 Å². The van der Waals surface area contributed by atoms with E-state index in [1.54, 1.807) is 12.4 Å². The number of nitrogens with two attached hydrogens (primary N) is 1. The molecule has 0 saturated heterocycles. The van der Waals surface area contributed by atoms with E-state index in [4.69, 9.17) is 10.9 Å². The summed E-state index contributed by atoms with van der Waals surface area (Å²) in [4.78, 5) is 4.26. The molecule has 0 unspecified atom stereocenters. The predicted molar refractivity (Wildman–Crippen MR) is 73.2 cm³/mol. The second-order valence-corrected chi connectivity index (χ2v) is 4.79. The van der Waals surface area contributed by atoms with Crippen molar-refractivity contribution in [2.75, 3.05) is 0 Å². The van der Waals surface area contributed by atoms with Crippen LogP contribution in [0.25, 0.3) is 5.69 Å². The highest BCUT2D eigenvalue weighted by Gasteiger charge is 2.09. The lowest BCUT2D eigenvalue weighted by atomic mass is 10.2. The molecule has 0 aliphatic heterocycles. The second kappa shape index (κ2) is 4.81. The molecule has 2 rings (SSSR count). The van der Waals surface area contributed by atoms with E-state index in [9.17, 15) is 0 Å². The second-order valence-electron chi connectivity index (χ2n) is 3.93. The third-order valence-corrected chi connectivity index (χ3v) is 3.52. The van der Waals surface area contributed by atoms with Crippen LogP contribution >= 0.6 is 15.9 Å². The van der Waals surface area contributed by atoms with Crippen LogP contribution in [0, 0.1) is 13.8 Å². The van der Waals surface area contributed by atoms with Crippen LogP contribution in [0.4, 0.5) is 0 Å². The van der Waals surface area contributed by atoms with Gasteiger partial charge in [-0.1, -0.05) is 5.16 Å². The highest BCUT2D eigenvalue weighted by atomic mass is 79.9. The van der Waals surface area contributed by atoms with Crippen LogP contribution in [-0.2, 0) is 0 Å². The first kappa shape index (κ1) is 12.6. The molecular weight excluding hydrogens is 296 g/mol. The fourth-order valence-corrected chi connectivity index (χ4v) is 2.24. The number of rotatable bonds is 2.